The van der Waals surface area contributed by atoms with Crippen LogP contribution in [0.15, 0.2) is 145 Å². The third-order valence-corrected chi connectivity index (χ3v) is 19.1. The van der Waals surface area contributed by atoms with Gasteiger partial charge in [-0.05, 0) is 154 Å². The molecule has 3 saturated heterocycles. The topological polar surface area (TPSA) is 199 Å². The van der Waals surface area contributed by atoms with Crippen molar-refractivity contribution >= 4 is 72.0 Å². The summed E-state index contributed by atoms with van der Waals surface area (Å²) in [5, 5.41) is 25.2. The Hall–Kier alpha value is -9.28. The van der Waals surface area contributed by atoms with E-state index in [2.05, 4.69) is 114 Å². The zero-order valence-corrected chi connectivity index (χ0v) is 58.4. The maximum atomic E-state index is 14.5. The third-order valence-electron chi connectivity index (χ3n) is 18.3. The number of nitrogens with one attached hydrogen (secondary N) is 4. The fraction of sp³-hybridized carbons (Fsp3) is 0.311. The van der Waals surface area contributed by atoms with Crippen molar-refractivity contribution in [3.8, 4) is 67.5 Å². The van der Waals surface area contributed by atoms with Crippen molar-refractivity contribution in [2.24, 2.45) is 0 Å². The monoisotopic (exact) mass is 1460 g/mol. The van der Waals surface area contributed by atoms with E-state index in [0.29, 0.717) is 75.1 Å². The van der Waals surface area contributed by atoms with Crippen molar-refractivity contribution in [1.29, 1.82) is 0 Å². The minimum absolute atomic E-state index is 0.124. The number of ether oxygens (including phenoxy) is 1. The Morgan fingerprint density at radius 2 is 1.05 bits per heavy atom. The van der Waals surface area contributed by atoms with Crippen LogP contribution in [-0.4, -0.2) is 177 Å². The van der Waals surface area contributed by atoms with E-state index < -0.39 is 34.9 Å². The van der Waals surface area contributed by atoms with Gasteiger partial charge in [0.15, 0.2) is 11.6 Å². The number of H-pyrrole nitrogens is 2. The van der Waals surface area contributed by atoms with Crippen LogP contribution in [0.2, 0.25) is 5.02 Å². The van der Waals surface area contributed by atoms with Crippen molar-refractivity contribution in [2.75, 3.05) is 95.8 Å². The van der Waals surface area contributed by atoms with Crippen LogP contribution < -0.4 is 10.6 Å². The number of aromatic amines is 2. The second-order valence-electron chi connectivity index (χ2n) is 25.6. The van der Waals surface area contributed by atoms with Crippen LogP contribution in [0.4, 0.5) is 37.7 Å². The molecule has 3 aromatic carbocycles. The molecule has 4 N–H and O–H groups in total. The Balaban J connectivity index is 0.000000136. The van der Waals surface area contributed by atoms with Crippen molar-refractivity contribution in [3.05, 3.63) is 185 Å². The molecule has 0 amide bonds. The zero-order chi connectivity index (χ0) is 70.3. The Kier molecular flexibility index (Phi) is 22.0. The lowest BCUT2D eigenvalue weighted by molar-refractivity contribution is -0.0393. The number of aromatic nitrogens is 12. The molecule has 19 nitrogen and oxygen atoms in total. The first-order valence-corrected chi connectivity index (χ1v) is 34.8. The van der Waals surface area contributed by atoms with E-state index in [-0.39, 0.29) is 22.4 Å². The maximum absolute atomic E-state index is 14.5. The van der Waals surface area contributed by atoms with E-state index in [1.54, 1.807) is 35.5 Å². The van der Waals surface area contributed by atoms with E-state index in [1.807, 2.05) is 60.9 Å². The van der Waals surface area contributed by atoms with Crippen molar-refractivity contribution in [3.63, 3.8) is 0 Å². The zero-order valence-electron chi connectivity index (χ0n) is 56.0. The first kappa shape index (κ1) is 70.2. The lowest BCUT2D eigenvalue weighted by Crippen LogP contribution is -2.49. The normalized spacial score (nSPS) is 15.7. The van der Waals surface area contributed by atoms with Gasteiger partial charge in [-0.25, -0.2) is 46.0 Å². The van der Waals surface area contributed by atoms with Gasteiger partial charge in [0, 0.05) is 160 Å². The fourth-order valence-electron chi connectivity index (χ4n) is 12.7. The average Bonchev–Trinajstić information content (AvgIpc) is 1.73. The van der Waals surface area contributed by atoms with Gasteiger partial charge in [0.25, 0.3) is 0 Å². The number of anilines is 2. The highest BCUT2D eigenvalue weighted by Gasteiger charge is 2.25. The van der Waals surface area contributed by atoms with Crippen LogP contribution in [-0.2, 0) is 4.74 Å². The molecule has 0 saturated carbocycles. The Morgan fingerprint density at radius 1 is 0.515 bits per heavy atom. The highest BCUT2D eigenvalue weighted by Crippen LogP contribution is 2.38. The molecule has 1 unspecified atom stereocenters. The molecular weight excluding hydrogens is 1390 g/mol. The lowest BCUT2D eigenvalue weighted by Gasteiger charge is -2.36. The van der Waals surface area contributed by atoms with Crippen molar-refractivity contribution in [2.45, 2.75) is 65.3 Å². The highest BCUT2D eigenvalue weighted by molar-refractivity contribution is 9.10. The van der Waals surface area contributed by atoms with E-state index in [0.717, 1.165) is 171 Å². The van der Waals surface area contributed by atoms with Crippen LogP contribution in [0.1, 0.15) is 53.2 Å². The first-order chi connectivity index (χ1) is 48.9. The van der Waals surface area contributed by atoms with Crippen LogP contribution in [0.3, 0.4) is 0 Å². The van der Waals surface area contributed by atoms with Gasteiger partial charge in [0.1, 0.15) is 35.2 Å². The van der Waals surface area contributed by atoms with Crippen molar-refractivity contribution < 1.29 is 31.1 Å². The highest BCUT2D eigenvalue weighted by atomic mass is 79.9. The summed E-state index contributed by atoms with van der Waals surface area (Å²) in [6.45, 7) is 22.0. The van der Waals surface area contributed by atoms with E-state index in [1.165, 1.54) is 24.3 Å². The molecule has 12 heterocycles. The number of nitrogens with zero attached hydrogens (tertiary/aromatic N) is 14. The number of hydrogen-bond acceptors (Lipinski definition) is 16. The van der Waals surface area contributed by atoms with Gasteiger partial charge in [0.05, 0.1) is 103 Å². The average molecular weight is 1460 g/mol. The van der Waals surface area contributed by atoms with Gasteiger partial charge in [-0.3, -0.25) is 44.7 Å². The minimum Gasteiger partial charge on any atom is -0.382 e. The molecule has 3 aliphatic heterocycles. The smallest absolute Gasteiger partial charge is 0.159 e. The summed E-state index contributed by atoms with van der Waals surface area (Å²) in [5.41, 5.74) is 12.2. The molecule has 3 aliphatic rings. The van der Waals surface area contributed by atoms with E-state index in [4.69, 9.17) is 31.3 Å². The molecule has 12 aromatic rings. The minimum atomic E-state index is -0.915. The van der Waals surface area contributed by atoms with Gasteiger partial charge < -0.3 is 15.4 Å². The summed E-state index contributed by atoms with van der Waals surface area (Å²) in [7, 11) is 0. The fourth-order valence-corrected chi connectivity index (χ4v) is 13.1. The summed E-state index contributed by atoms with van der Waals surface area (Å²) < 4.78 is 91.8. The molecule has 0 bridgehead atoms. The van der Waals surface area contributed by atoms with Crippen LogP contribution in [0.25, 0.3) is 101 Å². The molecule has 101 heavy (non-hydrogen) atoms. The Labute approximate surface area is 592 Å². The molecule has 3 fully saturated rings. The molecule has 9 aromatic heterocycles. The molecule has 0 radical (unpaired) electrons. The quantitative estimate of drug-likeness (QED) is 0.0495. The first-order valence-electron chi connectivity index (χ1n) is 33.7. The largest absolute Gasteiger partial charge is 0.382 e. The molecule has 15 rings (SSSR count). The molecule has 1 atom stereocenters. The third kappa shape index (κ3) is 16.7. The second-order valence-corrected chi connectivity index (χ2v) is 26.9. The Bertz CT molecular complexity index is 4880. The van der Waals surface area contributed by atoms with Crippen LogP contribution >= 0.6 is 27.5 Å². The van der Waals surface area contributed by atoms with E-state index >= 15 is 0 Å². The number of benzene rings is 3. The van der Waals surface area contributed by atoms with Crippen LogP contribution in [0.5, 0.6) is 0 Å². The van der Waals surface area contributed by atoms with Gasteiger partial charge in [0.2, 0.25) is 0 Å². The number of rotatable bonds is 17. The summed E-state index contributed by atoms with van der Waals surface area (Å²) in [6, 6.07) is 27.4. The molecule has 522 valence electrons. The number of halogens is 8. The molecule has 0 aliphatic carbocycles. The van der Waals surface area contributed by atoms with Gasteiger partial charge in [-0.15, -0.1) is 0 Å². The molecular formula is C74H74BrClF6N18O. The SMILES string of the molecule is CC(C)N1CCN(CCNc2cnc3ccc(-c4cn[nH]c4-c4cc(Cl)c(F)cc4F)nc3c2)CC1.CC(C)N1CCN(CCNc2cnc3ccc(-c4cn[nH]c4-c4ccc(F)cc4F)nc3c2)CC1.Fc1ccc(-c2nn(C3CCCCO3)cc2-c2ccc3ncc(Br)cc3n2)cc1F. The number of piperazine rings is 2. The number of hydrogen-bond donors (Lipinski definition) is 4. The van der Waals surface area contributed by atoms with Crippen LogP contribution in [0, 0.1) is 34.9 Å². The maximum Gasteiger partial charge on any atom is 0.159 e. The number of pyridine rings is 6. The summed E-state index contributed by atoms with van der Waals surface area (Å²) in [6.07, 6.45) is 13.1. The van der Waals surface area contributed by atoms with Gasteiger partial charge >= 0.3 is 0 Å². The van der Waals surface area contributed by atoms with Gasteiger partial charge in [-0.1, -0.05) is 11.6 Å². The van der Waals surface area contributed by atoms with E-state index in [9.17, 15) is 26.3 Å². The Morgan fingerprint density at radius 3 is 1.58 bits per heavy atom. The summed E-state index contributed by atoms with van der Waals surface area (Å²) >= 11 is 9.32. The summed E-state index contributed by atoms with van der Waals surface area (Å²) in [4.78, 5) is 37.6. The predicted molar refractivity (Wildman–Crippen MR) is 386 cm³/mol. The summed E-state index contributed by atoms with van der Waals surface area (Å²) in [5.74, 6) is -4.64. The number of fused-ring (bicyclic) bond motifs is 3. The molecule has 0 spiro atoms. The predicted octanol–water partition coefficient (Wildman–Crippen LogP) is 15.4. The second kappa shape index (κ2) is 31.7. The molecule has 27 heteroatoms. The van der Waals surface area contributed by atoms with Gasteiger partial charge in [-0.2, -0.15) is 15.3 Å². The van der Waals surface area contributed by atoms with Crippen molar-refractivity contribution in [1.82, 2.24) is 79.7 Å². The lowest BCUT2D eigenvalue weighted by atomic mass is 10.0. The standard InChI is InChI=1S/C26H28ClF2N7.C26H29F2N7.C22H17BrF2N4O/c1-16(2)36-9-7-35(8-10-36)6-5-30-17-11-25-24(31-14-17)4-3-23(33-25)19-15-32-34-26(19)18-12-20(27)22(29)13-21(18)28;1-17(2)35-11-9-34(10-12-35)8-7-29-19-14-25-24(30-15-19)6-5-23(32-25)21-16-31-33-26(21)20-4-3-18(27)13-22(20)28;23-14-10-20-19(26-11-14)7-6-18(27-20)15-12-29(21-3-1-2-8-30-21)28-22(15)13-4-5-16(24)17(25)9-13/h3-4,11-16,30H,5-10H2,1-2H3,(H,32,34);3-6,13-17,29H,7-12H2,1-2H3,(H,31,33);4-7,9-12,21H,1-3,8H2.